The summed E-state index contributed by atoms with van der Waals surface area (Å²) in [6, 6.07) is 30.5. The summed E-state index contributed by atoms with van der Waals surface area (Å²) in [6.45, 7) is 2.52. The molecule has 204 valence electrons. The molecular formula is C31H29N3O4S2. The van der Waals surface area contributed by atoms with Gasteiger partial charge in [-0.05, 0) is 78.6 Å². The zero-order valence-electron chi connectivity index (χ0n) is 21.9. The van der Waals surface area contributed by atoms with Crippen LogP contribution in [0.25, 0.3) is 0 Å². The summed E-state index contributed by atoms with van der Waals surface area (Å²) in [5.41, 5.74) is 4.53. The molecule has 4 aromatic carbocycles. The first-order valence-electron chi connectivity index (χ1n) is 12.8. The number of nitrogens with one attached hydrogen (secondary N) is 2. The molecule has 9 heteroatoms. The Morgan fingerprint density at radius 3 is 2.33 bits per heavy atom. The Labute approximate surface area is 238 Å². The van der Waals surface area contributed by atoms with Crippen LogP contribution < -0.4 is 10.0 Å². The fourth-order valence-electron chi connectivity index (χ4n) is 4.51. The SMILES string of the molecule is Cc1cccc(NS(=O)(=O)c2ccc(NC(=O)c3ccc([C@H]4SCC(=O)N4CCc4ccccc4)cc3)cc2)c1. The largest absolute Gasteiger partial charge is 0.326 e. The van der Waals surface area contributed by atoms with E-state index in [1.54, 1.807) is 54.2 Å². The third kappa shape index (κ3) is 6.55. The lowest BCUT2D eigenvalue weighted by Crippen LogP contribution is -2.30. The number of hydrogen-bond donors (Lipinski definition) is 2. The Kier molecular flexibility index (Phi) is 8.23. The molecule has 1 aliphatic heterocycles. The van der Waals surface area contributed by atoms with E-state index in [4.69, 9.17) is 0 Å². The molecule has 5 rings (SSSR count). The van der Waals surface area contributed by atoms with Crippen molar-refractivity contribution in [1.82, 2.24) is 4.90 Å². The van der Waals surface area contributed by atoms with Crippen LogP contribution in [0.2, 0.25) is 0 Å². The van der Waals surface area contributed by atoms with Crippen molar-refractivity contribution in [2.24, 2.45) is 0 Å². The summed E-state index contributed by atoms with van der Waals surface area (Å²) in [6.07, 6.45) is 0.784. The van der Waals surface area contributed by atoms with Crippen LogP contribution in [0.5, 0.6) is 0 Å². The van der Waals surface area contributed by atoms with Crippen LogP contribution in [-0.2, 0) is 21.2 Å². The van der Waals surface area contributed by atoms with Crippen LogP contribution in [0.1, 0.15) is 32.4 Å². The van der Waals surface area contributed by atoms with Gasteiger partial charge in [0.25, 0.3) is 15.9 Å². The number of carbonyl (C=O) groups excluding carboxylic acids is 2. The van der Waals surface area contributed by atoms with Gasteiger partial charge in [0.1, 0.15) is 5.37 Å². The van der Waals surface area contributed by atoms with Crippen molar-refractivity contribution >= 4 is 45.0 Å². The summed E-state index contributed by atoms with van der Waals surface area (Å²) in [7, 11) is -3.76. The fourth-order valence-corrected chi connectivity index (χ4v) is 6.78. The average molecular weight is 572 g/mol. The first kappa shape index (κ1) is 27.5. The second kappa shape index (κ2) is 12.0. The molecule has 0 aliphatic carbocycles. The van der Waals surface area contributed by atoms with Crippen molar-refractivity contribution in [3.8, 4) is 0 Å². The normalized spacial score (nSPS) is 15.2. The Balaban J connectivity index is 1.20. The summed E-state index contributed by atoms with van der Waals surface area (Å²) in [4.78, 5) is 27.4. The monoisotopic (exact) mass is 571 g/mol. The molecule has 7 nitrogen and oxygen atoms in total. The highest BCUT2D eigenvalue weighted by atomic mass is 32.2. The van der Waals surface area contributed by atoms with E-state index in [-0.39, 0.29) is 22.1 Å². The maximum Gasteiger partial charge on any atom is 0.261 e. The molecule has 4 aromatic rings. The van der Waals surface area contributed by atoms with E-state index in [0.717, 1.165) is 17.5 Å². The predicted molar refractivity (Wildman–Crippen MR) is 160 cm³/mol. The molecule has 0 unspecified atom stereocenters. The molecule has 0 bridgehead atoms. The number of rotatable bonds is 9. The van der Waals surface area contributed by atoms with Crippen molar-refractivity contribution < 1.29 is 18.0 Å². The standard InChI is InChI=1S/C31H29N3O4S2/c1-22-6-5-9-27(20-22)33-40(37,38)28-16-14-26(15-17-28)32-30(36)24-10-12-25(13-11-24)31-34(29(35)21-39-31)19-18-23-7-3-2-4-8-23/h2-17,20,31,33H,18-19,21H2,1H3,(H,32,36)/t31-/m1/s1. The third-order valence-electron chi connectivity index (χ3n) is 6.60. The highest BCUT2D eigenvalue weighted by molar-refractivity contribution is 8.00. The summed E-state index contributed by atoms with van der Waals surface area (Å²) in [5.74, 6) is 0.247. The predicted octanol–water partition coefficient (Wildman–Crippen LogP) is 5.86. The number of sulfonamides is 1. The van der Waals surface area contributed by atoms with E-state index in [2.05, 4.69) is 22.2 Å². The Hall–Kier alpha value is -4.08. The molecule has 2 N–H and O–H groups in total. The number of aryl methyl sites for hydroxylation is 1. The van der Waals surface area contributed by atoms with E-state index in [1.807, 2.05) is 48.2 Å². The Morgan fingerprint density at radius 2 is 1.62 bits per heavy atom. The number of amides is 2. The molecule has 2 amide bonds. The van der Waals surface area contributed by atoms with Crippen LogP contribution in [0, 0.1) is 6.92 Å². The molecule has 1 heterocycles. The summed E-state index contributed by atoms with van der Waals surface area (Å²) >= 11 is 1.59. The molecule has 0 saturated carbocycles. The van der Waals surface area contributed by atoms with Gasteiger partial charge in [-0.1, -0.05) is 54.6 Å². The van der Waals surface area contributed by atoms with Crippen molar-refractivity contribution in [1.29, 1.82) is 0 Å². The van der Waals surface area contributed by atoms with Gasteiger partial charge in [0.2, 0.25) is 5.91 Å². The molecule has 1 fully saturated rings. The zero-order chi connectivity index (χ0) is 28.1. The van der Waals surface area contributed by atoms with E-state index in [0.29, 0.717) is 29.2 Å². The second-order valence-electron chi connectivity index (χ2n) is 9.56. The lowest BCUT2D eigenvalue weighted by Gasteiger charge is -2.24. The minimum absolute atomic E-state index is 0.0868. The smallest absolute Gasteiger partial charge is 0.261 e. The van der Waals surface area contributed by atoms with Crippen LogP contribution in [-0.4, -0.2) is 37.4 Å². The molecule has 0 aromatic heterocycles. The summed E-state index contributed by atoms with van der Waals surface area (Å²) in [5, 5.41) is 2.73. The molecule has 0 spiro atoms. The van der Waals surface area contributed by atoms with Gasteiger partial charge < -0.3 is 10.2 Å². The van der Waals surface area contributed by atoms with Crippen LogP contribution in [0.3, 0.4) is 0 Å². The quantitative estimate of drug-likeness (QED) is 0.262. The van der Waals surface area contributed by atoms with Gasteiger partial charge >= 0.3 is 0 Å². The lowest BCUT2D eigenvalue weighted by molar-refractivity contribution is -0.128. The van der Waals surface area contributed by atoms with E-state index in [1.165, 1.54) is 17.7 Å². The number of carbonyl (C=O) groups is 2. The number of anilines is 2. The third-order valence-corrected chi connectivity index (χ3v) is 9.26. The lowest BCUT2D eigenvalue weighted by atomic mass is 10.1. The van der Waals surface area contributed by atoms with Crippen molar-refractivity contribution in [2.45, 2.75) is 23.6 Å². The highest BCUT2D eigenvalue weighted by Crippen LogP contribution is 2.38. The van der Waals surface area contributed by atoms with Gasteiger partial charge in [-0.25, -0.2) is 8.42 Å². The average Bonchev–Trinajstić information content (AvgIpc) is 3.32. The second-order valence-corrected chi connectivity index (χ2v) is 12.3. The fraction of sp³-hybridized carbons (Fsp3) is 0.161. The molecule has 1 aliphatic rings. The molecular weight excluding hydrogens is 542 g/mol. The Morgan fingerprint density at radius 1 is 0.900 bits per heavy atom. The Bertz CT molecular complexity index is 1610. The zero-order valence-corrected chi connectivity index (χ0v) is 23.5. The van der Waals surface area contributed by atoms with Gasteiger partial charge in [0, 0.05) is 23.5 Å². The van der Waals surface area contributed by atoms with Crippen LogP contribution >= 0.6 is 11.8 Å². The highest BCUT2D eigenvalue weighted by Gasteiger charge is 2.32. The van der Waals surface area contributed by atoms with E-state index in [9.17, 15) is 18.0 Å². The minimum atomic E-state index is -3.76. The molecule has 1 atom stereocenters. The van der Waals surface area contributed by atoms with E-state index < -0.39 is 10.0 Å². The number of hydrogen-bond acceptors (Lipinski definition) is 5. The van der Waals surface area contributed by atoms with Gasteiger partial charge in [0.05, 0.1) is 10.6 Å². The minimum Gasteiger partial charge on any atom is -0.326 e. The van der Waals surface area contributed by atoms with Gasteiger partial charge in [-0.15, -0.1) is 11.8 Å². The molecule has 40 heavy (non-hydrogen) atoms. The van der Waals surface area contributed by atoms with Crippen molar-refractivity contribution in [2.75, 3.05) is 22.3 Å². The molecule has 0 radical (unpaired) electrons. The maximum absolute atomic E-state index is 12.9. The first-order chi connectivity index (χ1) is 19.3. The van der Waals surface area contributed by atoms with Crippen molar-refractivity contribution in [3.05, 3.63) is 125 Å². The topological polar surface area (TPSA) is 95.6 Å². The number of benzene rings is 4. The van der Waals surface area contributed by atoms with Crippen LogP contribution in [0.15, 0.2) is 108 Å². The van der Waals surface area contributed by atoms with Crippen LogP contribution in [0.4, 0.5) is 11.4 Å². The summed E-state index contributed by atoms with van der Waals surface area (Å²) < 4.78 is 28.1. The maximum atomic E-state index is 12.9. The van der Waals surface area contributed by atoms with E-state index >= 15 is 0 Å². The molecule has 1 saturated heterocycles. The number of nitrogens with zero attached hydrogens (tertiary/aromatic N) is 1. The first-order valence-corrected chi connectivity index (χ1v) is 15.4. The van der Waals surface area contributed by atoms with Crippen molar-refractivity contribution in [3.63, 3.8) is 0 Å². The van der Waals surface area contributed by atoms with Gasteiger partial charge in [0.15, 0.2) is 0 Å². The number of thioether (sulfide) groups is 1. The van der Waals surface area contributed by atoms with Gasteiger partial charge in [-0.2, -0.15) is 0 Å². The van der Waals surface area contributed by atoms with Gasteiger partial charge in [-0.3, -0.25) is 14.3 Å².